The number of carbonyl (C=O) groups is 1. The van der Waals surface area contributed by atoms with E-state index in [-0.39, 0.29) is 18.1 Å². The van der Waals surface area contributed by atoms with E-state index in [0.717, 1.165) is 0 Å². The Hall–Kier alpha value is -0.380. The van der Waals surface area contributed by atoms with E-state index in [9.17, 15) is 9.36 Å². The summed E-state index contributed by atoms with van der Waals surface area (Å²) >= 11 is 0. The summed E-state index contributed by atoms with van der Waals surface area (Å²) in [7, 11) is -3.45. The van der Waals surface area contributed by atoms with Gasteiger partial charge < -0.3 is 14.4 Å². The van der Waals surface area contributed by atoms with E-state index in [0.29, 0.717) is 12.5 Å². The Labute approximate surface area is 117 Å². The van der Waals surface area contributed by atoms with Gasteiger partial charge in [0.25, 0.3) is 0 Å². The molecule has 1 unspecified atom stereocenters. The number of rotatable bonds is 8. The number of hydrogen-bond donors (Lipinski definition) is 1. The molecule has 0 fully saturated rings. The normalized spacial score (nSPS) is 14.2. The molecule has 0 saturated heterocycles. The van der Waals surface area contributed by atoms with Crippen LogP contribution in [-0.4, -0.2) is 30.3 Å². The van der Waals surface area contributed by atoms with Crippen molar-refractivity contribution in [3.8, 4) is 0 Å². The first-order chi connectivity index (χ1) is 8.58. The van der Waals surface area contributed by atoms with Crippen LogP contribution in [0.3, 0.4) is 0 Å². The molecule has 0 bridgehead atoms. The maximum absolute atomic E-state index is 12.7. The Kier molecular flexibility index (Phi) is 7.87. The second-order valence-electron chi connectivity index (χ2n) is 5.66. The van der Waals surface area contributed by atoms with Gasteiger partial charge in [-0.15, -0.1) is 0 Å². The highest BCUT2D eigenvalue weighted by Gasteiger charge is 2.39. The molecule has 6 heteroatoms. The van der Waals surface area contributed by atoms with Crippen LogP contribution < -0.4 is 5.32 Å². The van der Waals surface area contributed by atoms with Gasteiger partial charge in [-0.3, -0.25) is 9.36 Å². The molecule has 0 aromatic rings. The number of nitrogens with one attached hydrogen (secondary N) is 1. The van der Waals surface area contributed by atoms with E-state index in [1.54, 1.807) is 34.6 Å². The van der Waals surface area contributed by atoms with Crippen LogP contribution in [0.15, 0.2) is 0 Å². The molecule has 0 aliphatic rings. The van der Waals surface area contributed by atoms with Crippen molar-refractivity contribution in [2.24, 2.45) is 5.92 Å². The molecular formula is C13H28NO4P. The molecule has 1 N–H and O–H groups in total. The Bertz CT molecular complexity index is 315. The zero-order valence-corrected chi connectivity index (χ0v) is 14.0. The van der Waals surface area contributed by atoms with Crippen LogP contribution in [0.5, 0.6) is 0 Å². The van der Waals surface area contributed by atoms with Crippen molar-refractivity contribution < 1.29 is 18.4 Å². The topological polar surface area (TPSA) is 64.6 Å². The van der Waals surface area contributed by atoms with Gasteiger partial charge in [-0.25, -0.2) is 0 Å². The predicted molar refractivity (Wildman–Crippen MR) is 77.4 cm³/mol. The highest BCUT2D eigenvalue weighted by Crippen LogP contribution is 2.55. The highest BCUT2D eigenvalue weighted by molar-refractivity contribution is 7.55. The first-order valence-corrected chi connectivity index (χ1v) is 8.44. The van der Waals surface area contributed by atoms with Gasteiger partial charge in [-0.1, -0.05) is 13.8 Å². The fourth-order valence-electron chi connectivity index (χ4n) is 1.39. The lowest BCUT2D eigenvalue weighted by molar-refractivity contribution is -0.121. The fraction of sp³-hybridized carbons (Fsp3) is 0.923. The summed E-state index contributed by atoms with van der Waals surface area (Å²) in [6, 6.07) is 0. The molecule has 19 heavy (non-hydrogen) atoms. The number of amides is 1. The molecular weight excluding hydrogens is 265 g/mol. The van der Waals surface area contributed by atoms with Gasteiger partial charge in [-0.2, -0.15) is 0 Å². The summed E-state index contributed by atoms with van der Waals surface area (Å²) in [5.41, 5.74) is -0.809. The van der Waals surface area contributed by atoms with Gasteiger partial charge in [0.2, 0.25) is 5.91 Å². The molecule has 0 aliphatic heterocycles. The fourth-order valence-corrected chi connectivity index (χ4v) is 3.36. The van der Waals surface area contributed by atoms with E-state index < -0.39 is 13.3 Å². The summed E-state index contributed by atoms with van der Waals surface area (Å²) in [6.45, 7) is 13.2. The molecule has 0 aromatic heterocycles. The minimum atomic E-state index is -3.45. The molecule has 0 spiro atoms. The molecule has 0 heterocycles. The van der Waals surface area contributed by atoms with Crippen molar-refractivity contribution in [1.29, 1.82) is 0 Å². The van der Waals surface area contributed by atoms with E-state index in [1.807, 2.05) is 13.8 Å². The summed E-state index contributed by atoms with van der Waals surface area (Å²) < 4.78 is 23.5. The van der Waals surface area contributed by atoms with E-state index >= 15 is 0 Å². The molecule has 0 rings (SSSR count). The molecule has 5 nitrogen and oxygen atoms in total. The second kappa shape index (κ2) is 8.03. The van der Waals surface area contributed by atoms with Crippen LogP contribution in [0.25, 0.3) is 0 Å². The third kappa shape index (κ3) is 7.09. The van der Waals surface area contributed by atoms with Crippen molar-refractivity contribution >= 4 is 13.5 Å². The predicted octanol–water partition coefficient (Wildman–Crippen LogP) is 3.19. The smallest absolute Gasteiger partial charge is 0.343 e. The van der Waals surface area contributed by atoms with Gasteiger partial charge in [0.05, 0.1) is 12.2 Å². The van der Waals surface area contributed by atoms with Crippen molar-refractivity contribution in [3.63, 3.8) is 0 Å². The number of carbonyl (C=O) groups excluding carboxylic acids is 1. The maximum Gasteiger partial charge on any atom is 0.343 e. The van der Waals surface area contributed by atoms with Crippen molar-refractivity contribution in [3.05, 3.63) is 0 Å². The lowest BCUT2D eigenvalue weighted by Crippen LogP contribution is -2.36. The number of hydrogen-bond acceptors (Lipinski definition) is 4. The van der Waals surface area contributed by atoms with Crippen molar-refractivity contribution in [2.45, 2.75) is 66.3 Å². The largest absolute Gasteiger partial charge is 0.355 e. The molecule has 1 atom stereocenters. The van der Waals surface area contributed by atoms with E-state index in [2.05, 4.69) is 5.32 Å². The zero-order valence-electron chi connectivity index (χ0n) is 13.1. The molecule has 0 radical (unpaired) electrons. The van der Waals surface area contributed by atoms with Crippen molar-refractivity contribution in [1.82, 2.24) is 5.32 Å². The average Bonchev–Trinajstić information content (AvgIpc) is 2.22. The minimum Gasteiger partial charge on any atom is -0.355 e. The Balaban J connectivity index is 4.84. The third-order valence-corrected chi connectivity index (χ3v) is 4.87. The minimum absolute atomic E-state index is 0.259. The van der Waals surface area contributed by atoms with Crippen LogP contribution in [0.2, 0.25) is 0 Å². The summed E-state index contributed by atoms with van der Waals surface area (Å²) in [5, 5.41) is 2.76. The third-order valence-electron chi connectivity index (χ3n) is 2.25. The van der Waals surface area contributed by atoms with Crippen LogP contribution in [-0.2, 0) is 18.4 Å². The first-order valence-electron chi connectivity index (χ1n) is 6.82. The van der Waals surface area contributed by atoms with Crippen molar-refractivity contribution in [2.75, 3.05) is 6.54 Å². The summed E-state index contributed by atoms with van der Waals surface area (Å²) in [6.07, 6.45) is -0.519. The SMILES string of the molecule is CC(C)CNC(=O)C(C)P(=O)(OC(C)C)OC(C)C. The summed E-state index contributed by atoms with van der Waals surface area (Å²) in [5.74, 6) is 0.0471. The molecule has 0 aliphatic carbocycles. The van der Waals surface area contributed by atoms with Gasteiger partial charge >= 0.3 is 7.60 Å². The van der Waals surface area contributed by atoms with Gasteiger partial charge in [0.15, 0.2) is 0 Å². The second-order valence-corrected chi connectivity index (χ2v) is 7.94. The van der Waals surface area contributed by atoms with Crippen LogP contribution in [0.1, 0.15) is 48.5 Å². The van der Waals surface area contributed by atoms with Gasteiger partial charge in [0.1, 0.15) is 5.66 Å². The Morgan fingerprint density at radius 1 is 1.00 bits per heavy atom. The first kappa shape index (κ1) is 18.6. The average molecular weight is 293 g/mol. The Morgan fingerprint density at radius 3 is 1.74 bits per heavy atom. The zero-order chi connectivity index (χ0) is 15.2. The van der Waals surface area contributed by atoms with E-state index in [4.69, 9.17) is 9.05 Å². The van der Waals surface area contributed by atoms with Crippen LogP contribution in [0.4, 0.5) is 0 Å². The van der Waals surface area contributed by atoms with E-state index in [1.165, 1.54) is 0 Å². The Morgan fingerprint density at radius 2 is 1.42 bits per heavy atom. The molecule has 1 amide bonds. The maximum atomic E-state index is 12.7. The molecule has 0 aromatic carbocycles. The standard InChI is InChI=1S/C13H28NO4P/c1-9(2)8-14-13(15)12(7)19(16,17-10(3)4)18-11(5)6/h9-12H,8H2,1-7H3,(H,14,15). The quantitative estimate of drug-likeness (QED) is 0.698. The molecule has 0 saturated carbocycles. The van der Waals surface area contributed by atoms with Crippen LogP contribution >= 0.6 is 7.60 Å². The lowest BCUT2D eigenvalue weighted by atomic mass is 10.2. The molecule has 114 valence electrons. The lowest BCUT2D eigenvalue weighted by Gasteiger charge is -2.27. The van der Waals surface area contributed by atoms with Gasteiger partial charge in [-0.05, 0) is 40.5 Å². The summed E-state index contributed by atoms with van der Waals surface area (Å²) in [4.78, 5) is 12.0. The van der Waals surface area contributed by atoms with Gasteiger partial charge in [0, 0.05) is 6.54 Å². The van der Waals surface area contributed by atoms with Crippen LogP contribution in [0, 0.1) is 5.92 Å². The monoisotopic (exact) mass is 293 g/mol. The highest BCUT2D eigenvalue weighted by atomic mass is 31.2.